The highest BCUT2D eigenvalue weighted by Crippen LogP contribution is 2.25. The van der Waals surface area contributed by atoms with E-state index in [4.69, 9.17) is 15.2 Å². The highest BCUT2D eigenvalue weighted by molar-refractivity contribution is 5.36. The van der Waals surface area contributed by atoms with E-state index in [1.165, 1.54) is 12.1 Å². The molecule has 1 atom stereocenters. The van der Waals surface area contributed by atoms with Crippen LogP contribution in [0.3, 0.4) is 0 Å². The SMILES string of the molecule is COC(C)(C)CCOc1ccc(F)cc1[C@@H](C)N. The van der Waals surface area contributed by atoms with Gasteiger partial charge in [-0.2, -0.15) is 0 Å². The molecule has 1 aromatic carbocycles. The van der Waals surface area contributed by atoms with Crippen molar-refractivity contribution in [1.29, 1.82) is 0 Å². The summed E-state index contributed by atoms with van der Waals surface area (Å²) in [6, 6.07) is 4.16. The number of hydrogen-bond donors (Lipinski definition) is 1. The molecule has 0 amide bonds. The summed E-state index contributed by atoms with van der Waals surface area (Å²) in [6.45, 7) is 6.30. The predicted octanol–water partition coefficient (Wildman–Crippen LogP) is 3.04. The van der Waals surface area contributed by atoms with Crippen LogP contribution in [-0.2, 0) is 4.74 Å². The summed E-state index contributed by atoms with van der Waals surface area (Å²) >= 11 is 0. The third kappa shape index (κ3) is 4.27. The summed E-state index contributed by atoms with van der Waals surface area (Å²) in [7, 11) is 1.67. The molecule has 0 fully saturated rings. The second-order valence-electron chi connectivity index (χ2n) is 5.03. The fourth-order valence-electron chi connectivity index (χ4n) is 1.52. The molecule has 1 rings (SSSR count). The Morgan fingerprint density at radius 2 is 2.06 bits per heavy atom. The summed E-state index contributed by atoms with van der Waals surface area (Å²) < 4.78 is 24.1. The molecule has 0 saturated heterocycles. The van der Waals surface area contributed by atoms with Gasteiger partial charge in [-0.15, -0.1) is 0 Å². The number of ether oxygens (including phenoxy) is 2. The largest absolute Gasteiger partial charge is 0.493 e. The molecule has 0 aliphatic carbocycles. The van der Waals surface area contributed by atoms with E-state index < -0.39 is 0 Å². The van der Waals surface area contributed by atoms with Gasteiger partial charge < -0.3 is 15.2 Å². The fraction of sp³-hybridized carbons (Fsp3) is 0.571. The lowest BCUT2D eigenvalue weighted by Crippen LogP contribution is -2.25. The van der Waals surface area contributed by atoms with Gasteiger partial charge in [0.05, 0.1) is 12.2 Å². The van der Waals surface area contributed by atoms with Crippen molar-refractivity contribution in [1.82, 2.24) is 0 Å². The number of rotatable bonds is 6. The molecule has 0 heterocycles. The van der Waals surface area contributed by atoms with Gasteiger partial charge in [0.15, 0.2) is 0 Å². The van der Waals surface area contributed by atoms with Crippen LogP contribution in [0.15, 0.2) is 18.2 Å². The van der Waals surface area contributed by atoms with E-state index in [0.717, 1.165) is 6.42 Å². The average Bonchev–Trinajstić information content (AvgIpc) is 2.30. The average molecular weight is 255 g/mol. The number of benzene rings is 1. The Balaban J connectivity index is 2.67. The van der Waals surface area contributed by atoms with Crippen molar-refractivity contribution in [2.75, 3.05) is 13.7 Å². The summed E-state index contributed by atoms with van der Waals surface area (Å²) in [5.41, 5.74) is 6.25. The Bertz CT molecular complexity index is 391. The smallest absolute Gasteiger partial charge is 0.124 e. The van der Waals surface area contributed by atoms with Gasteiger partial charge in [0.1, 0.15) is 11.6 Å². The van der Waals surface area contributed by atoms with E-state index in [2.05, 4.69) is 0 Å². The lowest BCUT2D eigenvalue weighted by Gasteiger charge is -2.23. The van der Waals surface area contributed by atoms with E-state index in [1.807, 2.05) is 13.8 Å². The summed E-state index contributed by atoms with van der Waals surface area (Å²) in [5.74, 6) is 0.338. The molecule has 4 heteroatoms. The second-order valence-corrected chi connectivity index (χ2v) is 5.03. The van der Waals surface area contributed by atoms with Crippen LogP contribution < -0.4 is 10.5 Å². The zero-order valence-electron chi connectivity index (χ0n) is 11.5. The molecular formula is C14H22FNO2. The van der Waals surface area contributed by atoms with E-state index in [1.54, 1.807) is 20.1 Å². The molecule has 18 heavy (non-hydrogen) atoms. The molecular weight excluding hydrogens is 233 g/mol. The van der Waals surface area contributed by atoms with Crippen molar-refractivity contribution in [3.63, 3.8) is 0 Å². The van der Waals surface area contributed by atoms with Gasteiger partial charge in [0.2, 0.25) is 0 Å². The standard InChI is InChI=1S/C14H22FNO2/c1-10(16)12-9-11(15)5-6-13(12)18-8-7-14(2,3)17-4/h5-6,9-10H,7-8,16H2,1-4H3/t10-/m1/s1. The van der Waals surface area contributed by atoms with Crippen LogP contribution in [0.1, 0.15) is 38.8 Å². The highest BCUT2D eigenvalue weighted by atomic mass is 19.1. The Morgan fingerprint density at radius 3 is 2.61 bits per heavy atom. The van der Waals surface area contributed by atoms with E-state index in [9.17, 15) is 4.39 Å². The first kappa shape index (κ1) is 14.9. The van der Waals surface area contributed by atoms with E-state index in [-0.39, 0.29) is 17.5 Å². The molecule has 0 spiro atoms. The lowest BCUT2D eigenvalue weighted by atomic mass is 10.1. The summed E-state index contributed by atoms with van der Waals surface area (Å²) in [5, 5.41) is 0. The van der Waals surface area contributed by atoms with Gasteiger partial charge in [-0.3, -0.25) is 0 Å². The van der Waals surface area contributed by atoms with Crippen molar-refractivity contribution in [3.05, 3.63) is 29.6 Å². The molecule has 0 saturated carbocycles. The van der Waals surface area contributed by atoms with Crippen molar-refractivity contribution in [3.8, 4) is 5.75 Å². The Kier molecular flexibility index (Phi) is 5.11. The van der Waals surface area contributed by atoms with E-state index in [0.29, 0.717) is 17.9 Å². The van der Waals surface area contributed by atoms with Crippen LogP contribution in [0.4, 0.5) is 4.39 Å². The number of methoxy groups -OCH3 is 1. The maximum Gasteiger partial charge on any atom is 0.124 e. The number of hydrogen-bond acceptors (Lipinski definition) is 3. The van der Waals surface area contributed by atoms with Gasteiger partial charge in [-0.05, 0) is 39.0 Å². The van der Waals surface area contributed by atoms with Gasteiger partial charge in [-0.25, -0.2) is 4.39 Å². The second kappa shape index (κ2) is 6.16. The first-order chi connectivity index (χ1) is 8.35. The minimum Gasteiger partial charge on any atom is -0.493 e. The molecule has 0 radical (unpaired) electrons. The van der Waals surface area contributed by atoms with Crippen LogP contribution in [0, 0.1) is 5.82 Å². The van der Waals surface area contributed by atoms with Gasteiger partial charge in [-0.1, -0.05) is 0 Å². The quantitative estimate of drug-likeness (QED) is 0.849. The van der Waals surface area contributed by atoms with Gasteiger partial charge >= 0.3 is 0 Å². The summed E-state index contributed by atoms with van der Waals surface area (Å²) in [6.07, 6.45) is 0.749. The van der Waals surface area contributed by atoms with Gasteiger partial charge in [0.25, 0.3) is 0 Å². The van der Waals surface area contributed by atoms with Crippen LogP contribution in [0.5, 0.6) is 5.75 Å². The van der Waals surface area contributed by atoms with Crippen molar-refractivity contribution < 1.29 is 13.9 Å². The minimum atomic E-state index is -0.299. The van der Waals surface area contributed by atoms with Crippen LogP contribution in [-0.4, -0.2) is 19.3 Å². The first-order valence-electron chi connectivity index (χ1n) is 6.09. The monoisotopic (exact) mass is 255 g/mol. The predicted molar refractivity (Wildman–Crippen MR) is 70.2 cm³/mol. The van der Waals surface area contributed by atoms with Gasteiger partial charge in [0, 0.05) is 25.1 Å². The van der Waals surface area contributed by atoms with Crippen molar-refractivity contribution >= 4 is 0 Å². The number of nitrogens with two attached hydrogens (primary N) is 1. The molecule has 1 aromatic rings. The molecule has 0 aliphatic heterocycles. The fourth-order valence-corrected chi connectivity index (χ4v) is 1.52. The Hall–Kier alpha value is -1.13. The first-order valence-corrected chi connectivity index (χ1v) is 6.09. The highest BCUT2D eigenvalue weighted by Gasteiger charge is 2.17. The number of halogens is 1. The molecule has 102 valence electrons. The Morgan fingerprint density at radius 1 is 1.39 bits per heavy atom. The van der Waals surface area contributed by atoms with E-state index >= 15 is 0 Å². The van der Waals surface area contributed by atoms with Crippen LogP contribution >= 0.6 is 0 Å². The van der Waals surface area contributed by atoms with Crippen molar-refractivity contribution in [2.45, 2.75) is 38.8 Å². The normalized spacial score (nSPS) is 13.4. The van der Waals surface area contributed by atoms with Crippen molar-refractivity contribution in [2.24, 2.45) is 5.73 Å². The maximum atomic E-state index is 13.1. The minimum absolute atomic E-state index is 0.228. The molecule has 0 unspecified atom stereocenters. The third-order valence-electron chi connectivity index (χ3n) is 2.98. The lowest BCUT2D eigenvalue weighted by molar-refractivity contribution is 0.00535. The molecule has 0 aliphatic rings. The topological polar surface area (TPSA) is 44.5 Å². The molecule has 3 nitrogen and oxygen atoms in total. The maximum absolute atomic E-state index is 13.1. The van der Waals surface area contributed by atoms with Crippen LogP contribution in [0.2, 0.25) is 0 Å². The molecule has 0 bridgehead atoms. The summed E-state index contributed by atoms with van der Waals surface area (Å²) in [4.78, 5) is 0. The Labute approximate surface area is 108 Å². The third-order valence-corrected chi connectivity index (χ3v) is 2.98. The zero-order valence-corrected chi connectivity index (χ0v) is 11.5. The zero-order chi connectivity index (χ0) is 13.8. The molecule has 0 aromatic heterocycles. The molecule has 2 N–H and O–H groups in total. The van der Waals surface area contributed by atoms with Crippen LogP contribution in [0.25, 0.3) is 0 Å².